The summed E-state index contributed by atoms with van der Waals surface area (Å²) >= 11 is 6.09. The van der Waals surface area contributed by atoms with E-state index in [2.05, 4.69) is 10.6 Å². The molecule has 0 spiro atoms. The van der Waals surface area contributed by atoms with Crippen LogP contribution in [0.25, 0.3) is 0 Å². The lowest BCUT2D eigenvalue weighted by atomic mass is 10.1. The minimum absolute atomic E-state index is 0.0579. The van der Waals surface area contributed by atoms with Crippen molar-refractivity contribution < 1.29 is 9.59 Å². The normalized spacial score (nSPS) is 13.8. The molecule has 0 aliphatic carbocycles. The van der Waals surface area contributed by atoms with E-state index >= 15 is 0 Å². The number of hydrogen-bond donors (Lipinski definition) is 2. The predicted molar refractivity (Wildman–Crippen MR) is 129 cm³/mol. The Bertz CT molecular complexity index is 1120. The summed E-state index contributed by atoms with van der Waals surface area (Å²) in [6.45, 7) is 3.82. The molecule has 7 heteroatoms. The van der Waals surface area contributed by atoms with Gasteiger partial charge in [-0.2, -0.15) is 0 Å². The van der Waals surface area contributed by atoms with Gasteiger partial charge < -0.3 is 15.5 Å². The van der Waals surface area contributed by atoms with Gasteiger partial charge in [0.25, 0.3) is 0 Å². The fourth-order valence-corrected chi connectivity index (χ4v) is 3.92. The Balaban J connectivity index is 1.43. The van der Waals surface area contributed by atoms with Crippen LogP contribution >= 0.6 is 11.6 Å². The maximum Gasteiger partial charge on any atom is 0.324 e. The van der Waals surface area contributed by atoms with E-state index in [4.69, 9.17) is 11.6 Å². The zero-order valence-electron chi connectivity index (χ0n) is 17.8. The Morgan fingerprint density at radius 2 is 1.69 bits per heavy atom. The Labute approximate surface area is 192 Å². The molecule has 2 N–H and O–H groups in total. The maximum atomic E-state index is 13.1. The molecule has 1 fully saturated rings. The highest BCUT2D eigenvalue weighted by Crippen LogP contribution is 2.25. The highest BCUT2D eigenvalue weighted by molar-refractivity contribution is 6.30. The second kappa shape index (κ2) is 9.75. The lowest BCUT2D eigenvalue weighted by Crippen LogP contribution is -2.49. The van der Waals surface area contributed by atoms with Crippen molar-refractivity contribution in [1.29, 1.82) is 0 Å². The van der Waals surface area contributed by atoms with E-state index in [-0.39, 0.29) is 12.1 Å². The second-order valence-electron chi connectivity index (χ2n) is 7.83. The molecule has 3 aromatic rings. The van der Waals surface area contributed by atoms with Crippen LogP contribution in [-0.4, -0.2) is 30.1 Å². The molecule has 1 aliphatic heterocycles. The molecule has 0 saturated carbocycles. The van der Waals surface area contributed by atoms with Crippen LogP contribution in [0.1, 0.15) is 17.5 Å². The molecule has 1 aliphatic rings. The summed E-state index contributed by atoms with van der Waals surface area (Å²) in [5.41, 5.74) is 4.20. The number of nitrogens with zero attached hydrogens (tertiary/aromatic N) is 2. The van der Waals surface area contributed by atoms with Crippen LogP contribution < -0.4 is 15.5 Å². The molecule has 0 bridgehead atoms. The molecule has 32 heavy (non-hydrogen) atoms. The summed E-state index contributed by atoms with van der Waals surface area (Å²) < 4.78 is 0. The Morgan fingerprint density at radius 1 is 0.938 bits per heavy atom. The molecule has 4 amide bonds. The van der Waals surface area contributed by atoms with E-state index in [1.807, 2.05) is 78.6 Å². The number of carbonyl (C=O) groups is 2. The average Bonchev–Trinajstić information content (AvgIpc) is 2.77. The highest BCUT2D eigenvalue weighted by Gasteiger charge is 2.27. The first kappa shape index (κ1) is 21.7. The first-order valence-electron chi connectivity index (χ1n) is 10.5. The van der Waals surface area contributed by atoms with Crippen LogP contribution in [0, 0.1) is 6.92 Å². The third kappa shape index (κ3) is 5.39. The summed E-state index contributed by atoms with van der Waals surface area (Å²) in [5.74, 6) is 0. The highest BCUT2D eigenvalue weighted by atomic mass is 35.5. The summed E-state index contributed by atoms with van der Waals surface area (Å²) in [4.78, 5) is 29.1. The van der Waals surface area contributed by atoms with Gasteiger partial charge in [-0.1, -0.05) is 47.5 Å². The lowest BCUT2D eigenvalue weighted by Gasteiger charge is -2.36. The Kier molecular flexibility index (Phi) is 6.61. The van der Waals surface area contributed by atoms with E-state index in [1.165, 1.54) is 0 Å². The number of nitrogens with one attached hydrogen (secondary N) is 2. The van der Waals surface area contributed by atoms with E-state index in [0.29, 0.717) is 36.0 Å². The molecular weight excluding hydrogens is 424 g/mol. The number of benzene rings is 3. The maximum absolute atomic E-state index is 13.1. The third-order valence-corrected chi connectivity index (χ3v) is 5.53. The van der Waals surface area contributed by atoms with Gasteiger partial charge >= 0.3 is 12.1 Å². The van der Waals surface area contributed by atoms with Crippen molar-refractivity contribution in [2.45, 2.75) is 19.9 Å². The van der Waals surface area contributed by atoms with Gasteiger partial charge in [0.15, 0.2) is 0 Å². The molecule has 0 unspecified atom stereocenters. The van der Waals surface area contributed by atoms with Crippen molar-refractivity contribution in [2.75, 3.05) is 28.6 Å². The van der Waals surface area contributed by atoms with Gasteiger partial charge in [0.1, 0.15) is 0 Å². The van der Waals surface area contributed by atoms with Gasteiger partial charge in [0.05, 0.1) is 0 Å². The van der Waals surface area contributed by atoms with Crippen LogP contribution in [0.2, 0.25) is 5.02 Å². The van der Waals surface area contributed by atoms with Crippen molar-refractivity contribution in [3.8, 4) is 0 Å². The van der Waals surface area contributed by atoms with Crippen LogP contribution in [0.3, 0.4) is 0 Å². The molecule has 164 valence electrons. The molecule has 3 aromatic carbocycles. The zero-order valence-corrected chi connectivity index (χ0v) is 18.6. The quantitative estimate of drug-likeness (QED) is 0.493. The minimum Gasteiger partial charge on any atom is -0.320 e. The monoisotopic (exact) mass is 448 g/mol. The number of aryl methyl sites for hydroxylation is 1. The molecule has 1 saturated heterocycles. The number of hydrogen-bond acceptors (Lipinski definition) is 2. The number of halogens is 1. The van der Waals surface area contributed by atoms with Crippen LogP contribution in [0.5, 0.6) is 0 Å². The van der Waals surface area contributed by atoms with Gasteiger partial charge in [-0.05, 0) is 61.4 Å². The van der Waals surface area contributed by atoms with Gasteiger partial charge in [0.2, 0.25) is 0 Å². The molecule has 0 atom stereocenters. The minimum atomic E-state index is -0.335. The number of urea groups is 2. The summed E-state index contributed by atoms with van der Waals surface area (Å²) in [6, 6.07) is 22.1. The Morgan fingerprint density at radius 3 is 2.47 bits per heavy atom. The zero-order chi connectivity index (χ0) is 22.5. The van der Waals surface area contributed by atoms with Gasteiger partial charge in [-0.25, -0.2) is 9.59 Å². The van der Waals surface area contributed by atoms with E-state index in [9.17, 15) is 9.59 Å². The fourth-order valence-electron chi connectivity index (χ4n) is 3.71. The van der Waals surface area contributed by atoms with Gasteiger partial charge in [-0.3, -0.25) is 4.90 Å². The number of anilines is 3. The molecule has 0 aromatic heterocycles. The summed E-state index contributed by atoms with van der Waals surface area (Å²) in [7, 11) is 0. The van der Waals surface area contributed by atoms with Crippen molar-refractivity contribution >= 4 is 40.7 Å². The van der Waals surface area contributed by atoms with E-state index in [1.54, 1.807) is 11.0 Å². The van der Waals surface area contributed by atoms with Crippen molar-refractivity contribution in [2.24, 2.45) is 0 Å². The number of amides is 4. The first-order chi connectivity index (χ1) is 15.5. The van der Waals surface area contributed by atoms with Crippen molar-refractivity contribution in [3.05, 3.63) is 88.9 Å². The van der Waals surface area contributed by atoms with E-state index in [0.717, 1.165) is 23.2 Å². The second-order valence-corrected chi connectivity index (χ2v) is 8.27. The lowest BCUT2D eigenvalue weighted by molar-refractivity contribution is 0.192. The van der Waals surface area contributed by atoms with Crippen molar-refractivity contribution in [3.63, 3.8) is 0 Å². The van der Waals surface area contributed by atoms with Crippen molar-refractivity contribution in [1.82, 2.24) is 4.90 Å². The SMILES string of the molecule is Cc1ccc(NC(=O)Nc2cccc(N3CCCN(Cc4cccc(Cl)c4)C3=O)c2)cc1. The van der Waals surface area contributed by atoms with Gasteiger partial charge in [-0.15, -0.1) is 0 Å². The Hall–Kier alpha value is -3.51. The summed E-state index contributed by atoms with van der Waals surface area (Å²) in [5, 5.41) is 6.31. The van der Waals surface area contributed by atoms with Crippen LogP contribution in [-0.2, 0) is 6.54 Å². The fraction of sp³-hybridized carbons (Fsp3) is 0.200. The standard InChI is InChI=1S/C25H25ClN4O2/c1-18-9-11-21(12-10-18)27-24(31)28-22-7-3-8-23(16-22)30-14-4-13-29(25(30)32)17-19-5-2-6-20(26)15-19/h2-3,5-12,15-16H,4,13-14,17H2,1H3,(H2,27,28,31). The average molecular weight is 449 g/mol. The third-order valence-electron chi connectivity index (χ3n) is 5.30. The largest absolute Gasteiger partial charge is 0.324 e. The smallest absolute Gasteiger partial charge is 0.320 e. The van der Waals surface area contributed by atoms with Gasteiger partial charge in [0, 0.05) is 41.7 Å². The predicted octanol–water partition coefficient (Wildman–Crippen LogP) is 6.12. The molecule has 0 radical (unpaired) electrons. The number of rotatable bonds is 5. The first-order valence-corrected chi connectivity index (χ1v) is 10.9. The number of carbonyl (C=O) groups excluding carboxylic acids is 2. The topological polar surface area (TPSA) is 64.7 Å². The van der Waals surface area contributed by atoms with E-state index < -0.39 is 0 Å². The molecule has 4 rings (SSSR count). The van der Waals surface area contributed by atoms with Crippen LogP contribution in [0.15, 0.2) is 72.8 Å². The molecule has 1 heterocycles. The molecular formula is C25H25ClN4O2. The van der Waals surface area contributed by atoms with Crippen LogP contribution in [0.4, 0.5) is 26.7 Å². The molecule has 6 nitrogen and oxygen atoms in total. The summed E-state index contributed by atoms with van der Waals surface area (Å²) in [6.07, 6.45) is 0.859.